The third-order valence-corrected chi connectivity index (χ3v) is 3.43. The van der Waals surface area contributed by atoms with E-state index in [-0.39, 0.29) is 24.3 Å². The molecule has 0 saturated carbocycles. The van der Waals surface area contributed by atoms with E-state index >= 15 is 0 Å². The van der Waals surface area contributed by atoms with Gasteiger partial charge < -0.3 is 15.2 Å². The molecule has 4 heteroatoms. The van der Waals surface area contributed by atoms with Crippen LogP contribution in [0.4, 0.5) is 5.69 Å². The quantitative estimate of drug-likeness (QED) is 0.658. The van der Waals surface area contributed by atoms with Gasteiger partial charge in [-0.15, -0.1) is 0 Å². The van der Waals surface area contributed by atoms with E-state index < -0.39 is 0 Å². The molecule has 4 nitrogen and oxygen atoms in total. The van der Waals surface area contributed by atoms with Crippen molar-refractivity contribution in [2.45, 2.75) is 51.9 Å². The second kappa shape index (κ2) is 5.61. The summed E-state index contributed by atoms with van der Waals surface area (Å²) in [6.45, 7) is 5.89. The molecule has 1 aromatic carbocycles. The highest BCUT2D eigenvalue weighted by Gasteiger charge is 2.27. The van der Waals surface area contributed by atoms with E-state index in [0.717, 1.165) is 18.4 Å². The molecular weight excluding hydrogens is 242 g/mol. The number of carbonyl (C=O) groups is 1. The first-order chi connectivity index (χ1) is 8.95. The van der Waals surface area contributed by atoms with Gasteiger partial charge in [0.2, 0.25) is 0 Å². The Kier molecular flexibility index (Phi) is 4.10. The molecule has 1 saturated heterocycles. The summed E-state index contributed by atoms with van der Waals surface area (Å²) in [5.74, 6) is -0.283. The van der Waals surface area contributed by atoms with Crippen LogP contribution in [0.15, 0.2) is 18.2 Å². The highest BCUT2D eigenvalue weighted by Crippen LogP contribution is 2.23. The second-order valence-electron chi connectivity index (χ2n) is 5.33. The normalized spacial score (nSPS) is 27.0. The Balaban J connectivity index is 2.02. The van der Waals surface area contributed by atoms with E-state index in [1.54, 1.807) is 18.2 Å². The number of benzene rings is 1. The summed E-state index contributed by atoms with van der Waals surface area (Å²) in [7, 11) is 0. The average molecular weight is 263 g/mol. The van der Waals surface area contributed by atoms with Gasteiger partial charge in [-0.3, -0.25) is 0 Å². The average Bonchev–Trinajstić information content (AvgIpc) is 2.31. The van der Waals surface area contributed by atoms with Gasteiger partial charge >= 0.3 is 5.97 Å². The summed E-state index contributed by atoms with van der Waals surface area (Å²) in [6.07, 6.45) is 1.71. The molecule has 1 aliphatic rings. The number of aryl methyl sites for hydroxylation is 1. The van der Waals surface area contributed by atoms with E-state index in [1.165, 1.54) is 0 Å². The first kappa shape index (κ1) is 13.9. The molecule has 0 bridgehead atoms. The molecule has 19 heavy (non-hydrogen) atoms. The maximum absolute atomic E-state index is 12.1. The Labute approximate surface area is 113 Å². The maximum atomic E-state index is 12.1. The monoisotopic (exact) mass is 263 g/mol. The summed E-state index contributed by atoms with van der Waals surface area (Å²) in [5.41, 5.74) is 7.87. The highest BCUT2D eigenvalue weighted by atomic mass is 16.6. The van der Waals surface area contributed by atoms with E-state index in [4.69, 9.17) is 15.2 Å². The van der Waals surface area contributed by atoms with Crippen molar-refractivity contribution in [3.8, 4) is 0 Å². The van der Waals surface area contributed by atoms with E-state index in [9.17, 15) is 4.79 Å². The van der Waals surface area contributed by atoms with Crippen molar-refractivity contribution in [3.63, 3.8) is 0 Å². The Hall–Kier alpha value is -1.55. The third kappa shape index (κ3) is 3.47. The zero-order valence-corrected chi connectivity index (χ0v) is 11.7. The van der Waals surface area contributed by atoms with Gasteiger partial charge in [-0.25, -0.2) is 4.79 Å². The molecule has 1 fully saturated rings. The molecule has 1 aliphatic heterocycles. The van der Waals surface area contributed by atoms with Crippen LogP contribution in [0.25, 0.3) is 0 Å². The van der Waals surface area contributed by atoms with Gasteiger partial charge in [0.05, 0.1) is 17.8 Å². The Morgan fingerprint density at radius 1 is 1.32 bits per heavy atom. The van der Waals surface area contributed by atoms with E-state index in [1.807, 2.05) is 20.8 Å². The minimum absolute atomic E-state index is 0.0656. The predicted molar refractivity (Wildman–Crippen MR) is 74.0 cm³/mol. The lowest BCUT2D eigenvalue weighted by Gasteiger charge is -2.31. The number of esters is 1. The first-order valence-corrected chi connectivity index (χ1v) is 6.68. The summed E-state index contributed by atoms with van der Waals surface area (Å²) < 4.78 is 11.2. The van der Waals surface area contributed by atoms with Crippen LogP contribution < -0.4 is 5.73 Å². The number of nitrogens with two attached hydrogens (primary N) is 1. The van der Waals surface area contributed by atoms with Crippen LogP contribution in [0.3, 0.4) is 0 Å². The smallest absolute Gasteiger partial charge is 0.338 e. The predicted octanol–water partition coefficient (Wildman–Crippen LogP) is 2.69. The molecule has 2 N–H and O–H groups in total. The van der Waals surface area contributed by atoms with Crippen LogP contribution in [0, 0.1) is 6.92 Å². The number of hydrogen-bond donors (Lipinski definition) is 1. The fourth-order valence-corrected chi connectivity index (χ4v) is 2.46. The minimum atomic E-state index is -0.283. The standard InChI is InChI=1S/C15H21NO3/c1-9-6-12(4-5-14(9)16)15(17)19-13-7-10(2)18-11(3)8-13/h4-6,10-11,13H,7-8,16H2,1-3H3. The molecule has 2 unspecified atom stereocenters. The van der Waals surface area contributed by atoms with Crippen LogP contribution in [0.2, 0.25) is 0 Å². The second-order valence-corrected chi connectivity index (χ2v) is 5.33. The Morgan fingerprint density at radius 3 is 2.53 bits per heavy atom. The van der Waals surface area contributed by atoms with Crippen molar-refractivity contribution in [1.82, 2.24) is 0 Å². The van der Waals surface area contributed by atoms with Crippen LogP contribution in [-0.2, 0) is 9.47 Å². The van der Waals surface area contributed by atoms with Crippen molar-refractivity contribution in [1.29, 1.82) is 0 Å². The van der Waals surface area contributed by atoms with Gasteiger partial charge in [0.25, 0.3) is 0 Å². The molecule has 2 rings (SSSR count). The molecule has 1 aromatic rings. The van der Waals surface area contributed by atoms with Crippen molar-refractivity contribution in [2.75, 3.05) is 5.73 Å². The molecule has 0 aliphatic carbocycles. The van der Waals surface area contributed by atoms with Gasteiger partial charge in [0, 0.05) is 18.5 Å². The lowest BCUT2D eigenvalue weighted by Crippen LogP contribution is -2.35. The topological polar surface area (TPSA) is 61.5 Å². The molecule has 0 radical (unpaired) electrons. The Morgan fingerprint density at radius 2 is 1.95 bits per heavy atom. The summed E-state index contributed by atoms with van der Waals surface area (Å²) in [6, 6.07) is 5.21. The summed E-state index contributed by atoms with van der Waals surface area (Å²) >= 11 is 0. The molecule has 0 aromatic heterocycles. The number of rotatable bonds is 2. The van der Waals surface area contributed by atoms with Crippen LogP contribution >= 0.6 is 0 Å². The number of anilines is 1. The van der Waals surface area contributed by atoms with E-state index in [2.05, 4.69) is 0 Å². The highest BCUT2D eigenvalue weighted by molar-refractivity contribution is 5.90. The van der Waals surface area contributed by atoms with Crippen molar-refractivity contribution >= 4 is 11.7 Å². The fraction of sp³-hybridized carbons (Fsp3) is 0.533. The SMILES string of the molecule is Cc1cc(C(=O)OC2CC(C)OC(C)C2)ccc1N. The largest absolute Gasteiger partial charge is 0.459 e. The Bertz CT molecular complexity index is 462. The van der Waals surface area contributed by atoms with Crippen molar-refractivity contribution < 1.29 is 14.3 Å². The molecule has 1 heterocycles. The molecule has 104 valence electrons. The molecule has 2 atom stereocenters. The molecular formula is C15H21NO3. The summed E-state index contributed by atoms with van der Waals surface area (Å²) in [5, 5.41) is 0. The third-order valence-electron chi connectivity index (χ3n) is 3.43. The zero-order chi connectivity index (χ0) is 14.0. The lowest BCUT2D eigenvalue weighted by atomic mass is 10.0. The van der Waals surface area contributed by atoms with Gasteiger partial charge in [0.1, 0.15) is 6.10 Å². The number of hydrogen-bond acceptors (Lipinski definition) is 4. The van der Waals surface area contributed by atoms with Crippen LogP contribution in [-0.4, -0.2) is 24.3 Å². The lowest BCUT2D eigenvalue weighted by molar-refractivity contribution is -0.0855. The van der Waals surface area contributed by atoms with Crippen LogP contribution in [0.5, 0.6) is 0 Å². The number of ether oxygens (including phenoxy) is 2. The van der Waals surface area contributed by atoms with Gasteiger partial charge in [-0.2, -0.15) is 0 Å². The maximum Gasteiger partial charge on any atom is 0.338 e. The fourth-order valence-electron chi connectivity index (χ4n) is 2.46. The van der Waals surface area contributed by atoms with Crippen LogP contribution in [0.1, 0.15) is 42.6 Å². The number of carbonyl (C=O) groups excluding carboxylic acids is 1. The van der Waals surface area contributed by atoms with Crippen molar-refractivity contribution in [3.05, 3.63) is 29.3 Å². The first-order valence-electron chi connectivity index (χ1n) is 6.68. The summed E-state index contributed by atoms with van der Waals surface area (Å²) in [4.78, 5) is 12.1. The molecule has 0 spiro atoms. The van der Waals surface area contributed by atoms with E-state index in [0.29, 0.717) is 11.3 Å². The zero-order valence-electron chi connectivity index (χ0n) is 11.7. The number of nitrogen functional groups attached to an aromatic ring is 1. The van der Waals surface area contributed by atoms with Crippen molar-refractivity contribution in [2.24, 2.45) is 0 Å². The van der Waals surface area contributed by atoms with Gasteiger partial charge in [0.15, 0.2) is 0 Å². The van der Waals surface area contributed by atoms with Gasteiger partial charge in [-0.05, 0) is 44.5 Å². The molecule has 0 amide bonds. The van der Waals surface area contributed by atoms with Gasteiger partial charge in [-0.1, -0.05) is 0 Å². The minimum Gasteiger partial charge on any atom is -0.459 e.